The van der Waals surface area contributed by atoms with Gasteiger partial charge in [0.2, 0.25) is 0 Å². The van der Waals surface area contributed by atoms with Crippen molar-refractivity contribution in [2.24, 2.45) is 5.84 Å². The first-order valence-corrected chi connectivity index (χ1v) is 6.71. The van der Waals surface area contributed by atoms with Crippen LogP contribution in [-0.2, 0) is 12.8 Å². The zero-order valence-corrected chi connectivity index (χ0v) is 11.1. The second-order valence-electron chi connectivity index (χ2n) is 3.86. The number of thiazole rings is 1. The minimum atomic E-state index is 0.563. The standard InChI is InChI=1S/C11H9Cl2N3S/c12-7-3-5-1-2-9-10(6(5)4-8(7)13)15-11(16-14)17-9/h3-4H,1-2,14H2,(H,15,16). The molecular weight excluding hydrogens is 277 g/mol. The fourth-order valence-corrected chi connectivity index (χ4v) is 3.29. The van der Waals surface area contributed by atoms with Crippen LogP contribution in [0.3, 0.4) is 0 Å². The Bertz CT molecular complexity index is 595. The van der Waals surface area contributed by atoms with Gasteiger partial charge in [-0.15, -0.1) is 11.3 Å². The highest BCUT2D eigenvalue weighted by atomic mass is 35.5. The molecule has 88 valence electrons. The Morgan fingerprint density at radius 2 is 2.00 bits per heavy atom. The van der Waals surface area contributed by atoms with Crippen molar-refractivity contribution in [2.45, 2.75) is 12.8 Å². The number of anilines is 1. The van der Waals surface area contributed by atoms with E-state index in [1.807, 2.05) is 12.1 Å². The van der Waals surface area contributed by atoms with Gasteiger partial charge in [0, 0.05) is 10.4 Å². The van der Waals surface area contributed by atoms with Crippen LogP contribution >= 0.6 is 34.5 Å². The van der Waals surface area contributed by atoms with Gasteiger partial charge < -0.3 is 0 Å². The van der Waals surface area contributed by atoms with E-state index >= 15 is 0 Å². The van der Waals surface area contributed by atoms with Crippen LogP contribution in [0.5, 0.6) is 0 Å². The van der Waals surface area contributed by atoms with Gasteiger partial charge in [0.15, 0.2) is 5.13 Å². The molecule has 0 unspecified atom stereocenters. The number of benzene rings is 1. The lowest BCUT2D eigenvalue weighted by atomic mass is 9.93. The smallest absolute Gasteiger partial charge is 0.197 e. The highest BCUT2D eigenvalue weighted by molar-refractivity contribution is 7.16. The van der Waals surface area contributed by atoms with E-state index in [1.165, 1.54) is 10.4 Å². The molecule has 0 aliphatic heterocycles. The van der Waals surface area contributed by atoms with E-state index in [9.17, 15) is 0 Å². The molecule has 1 aromatic carbocycles. The minimum absolute atomic E-state index is 0.563. The van der Waals surface area contributed by atoms with Gasteiger partial charge in [-0.25, -0.2) is 10.8 Å². The van der Waals surface area contributed by atoms with Gasteiger partial charge in [-0.2, -0.15) is 0 Å². The third-order valence-electron chi connectivity index (χ3n) is 2.84. The van der Waals surface area contributed by atoms with Gasteiger partial charge in [-0.3, -0.25) is 5.43 Å². The predicted molar refractivity (Wildman–Crippen MR) is 72.8 cm³/mol. The van der Waals surface area contributed by atoms with Crippen molar-refractivity contribution in [3.63, 3.8) is 0 Å². The quantitative estimate of drug-likeness (QED) is 0.623. The second-order valence-corrected chi connectivity index (χ2v) is 5.76. The Morgan fingerprint density at radius 3 is 2.76 bits per heavy atom. The number of rotatable bonds is 1. The molecule has 1 aliphatic rings. The van der Waals surface area contributed by atoms with Crippen molar-refractivity contribution >= 4 is 39.7 Å². The topological polar surface area (TPSA) is 50.9 Å². The van der Waals surface area contributed by atoms with Crippen molar-refractivity contribution < 1.29 is 0 Å². The van der Waals surface area contributed by atoms with E-state index in [-0.39, 0.29) is 0 Å². The SMILES string of the molecule is NNc1nc2c(s1)CCc1cc(Cl)c(Cl)cc1-2. The monoisotopic (exact) mass is 285 g/mol. The van der Waals surface area contributed by atoms with Crippen molar-refractivity contribution in [3.8, 4) is 11.3 Å². The zero-order chi connectivity index (χ0) is 12.0. The molecular formula is C11H9Cl2N3S. The number of nitrogens with one attached hydrogen (secondary N) is 1. The molecule has 0 amide bonds. The molecule has 3 rings (SSSR count). The first-order valence-electron chi connectivity index (χ1n) is 5.13. The Morgan fingerprint density at radius 1 is 1.24 bits per heavy atom. The van der Waals surface area contributed by atoms with Crippen LogP contribution in [0.4, 0.5) is 5.13 Å². The van der Waals surface area contributed by atoms with Crippen LogP contribution < -0.4 is 11.3 Å². The fraction of sp³-hybridized carbons (Fsp3) is 0.182. The van der Waals surface area contributed by atoms with E-state index in [2.05, 4.69) is 10.4 Å². The lowest BCUT2D eigenvalue weighted by Crippen LogP contribution is -2.06. The summed E-state index contributed by atoms with van der Waals surface area (Å²) in [4.78, 5) is 5.70. The van der Waals surface area contributed by atoms with Crippen molar-refractivity contribution in [1.29, 1.82) is 0 Å². The van der Waals surface area contributed by atoms with Gasteiger partial charge in [0.05, 0.1) is 15.7 Å². The van der Waals surface area contributed by atoms with Crippen LogP contribution in [0, 0.1) is 0 Å². The number of nitrogen functional groups attached to an aromatic ring is 1. The fourth-order valence-electron chi connectivity index (χ4n) is 2.06. The molecule has 1 aliphatic carbocycles. The highest BCUT2D eigenvalue weighted by Gasteiger charge is 2.21. The number of hydrogen-bond acceptors (Lipinski definition) is 4. The molecule has 2 aromatic rings. The molecule has 0 saturated carbocycles. The molecule has 0 spiro atoms. The molecule has 0 fully saturated rings. The number of hydrazine groups is 1. The Balaban J connectivity index is 2.21. The van der Waals surface area contributed by atoms with Gasteiger partial charge >= 0.3 is 0 Å². The lowest BCUT2D eigenvalue weighted by molar-refractivity contribution is 0.955. The number of fused-ring (bicyclic) bond motifs is 3. The molecule has 1 heterocycles. The first kappa shape index (κ1) is 11.3. The van der Waals surface area contributed by atoms with E-state index < -0.39 is 0 Å². The summed E-state index contributed by atoms with van der Waals surface area (Å²) in [5.74, 6) is 5.39. The van der Waals surface area contributed by atoms with Crippen molar-refractivity contribution in [3.05, 3.63) is 32.6 Å². The summed E-state index contributed by atoms with van der Waals surface area (Å²) < 4.78 is 0. The first-order chi connectivity index (χ1) is 8.19. The molecule has 17 heavy (non-hydrogen) atoms. The number of aryl methyl sites for hydroxylation is 2. The molecule has 1 aromatic heterocycles. The predicted octanol–water partition coefficient (Wildman–Crippen LogP) is 3.50. The van der Waals surface area contributed by atoms with Crippen LogP contribution in [0.15, 0.2) is 12.1 Å². The number of halogens is 2. The Kier molecular flexibility index (Phi) is 2.75. The van der Waals surface area contributed by atoms with Crippen LogP contribution in [-0.4, -0.2) is 4.98 Å². The minimum Gasteiger partial charge on any atom is -0.300 e. The summed E-state index contributed by atoms with van der Waals surface area (Å²) in [5, 5.41) is 1.89. The summed E-state index contributed by atoms with van der Waals surface area (Å²) in [6.07, 6.45) is 1.94. The summed E-state index contributed by atoms with van der Waals surface area (Å²) in [7, 11) is 0. The van der Waals surface area contributed by atoms with E-state index in [4.69, 9.17) is 29.0 Å². The van der Waals surface area contributed by atoms with Crippen LogP contribution in [0.2, 0.25) is 10.0 Å². The van der Waals surface area contributed by atoms with E-state index in [0.29, 0.717) is 10.0 Å². The van der Waals surface area contributed by atoms with E-state index in [1.54, 1.807) is 11.3 Å². The average Bonchev–Trinajstić information content (AvgIpc) is 2.74. The maximum absolute atomic E-state index is 6.06. The van der Waals surface area contributed by atoms with Crippen molar-refractivity contribution in [2.75, 3.05) is 5.43 Å². The normalized spacial score (nSPS) is 13.1. The third kappa shape index (κ3) is 1.81. The molecule has 0 radical (unpaired) electrons. The summed E-state index contributed by atoms with van der Waals surface area (Å²) in [6, 6.07) is 3.81. The Labute approximate surface area is 113 Å². The molecule has 6 heteroatoms. The van der Waals surface area contributed by atoms with Gasteiger partial charge in [-0.1, -0.05) is 23.2 Å². The average molecular weight is 286 g/mol. The zero-order valence-electron chi connectivity index (χ0n) is 8.76. The number of nitrogens with two attached hydrogens (primary N) is 1. The lowest BCUT2D eigenvalue weighted by Gasteiger charge is -2.15. The molecule has 3 nitrogen and oxygen atoms in total. The summed E-state index contributed by atoms with van der Waals surface area (Å²) >= 11 is 13.7. The number of nitrogens with zero attached hydrogens (tertiary/aromatic N) is 1. The highest BCUT2D eigenvalue weighted by Crippen LogP contribution is 2.40. The molecule has 0 bridgehead atoms. The maximum Gasteiger partial charge on any atom is 0.197 e. The summed E-state index contributed by atoms with van der Waals surface area (Å²) in [5.41, 5.74) is 5.83. The van der Waals surface area contributed by atoms with Gasteiger partial charge in [0.1, 0.15) is 0 Å². The van der Waals surface area contributed by atoms with E-state index in [0.717, 1.165) is 29.2 Å². The van der Waals surface area contributed by atoms with Crippen molar-refractivity contribution in [1.82, 2.24) is 4.98 Å². The van der Waals surface area contributed by atoms with Gasteiger partial charge in [0.25, 0.3) is 0 Å². The van der Waals surface area contributed by atoms with Gasteiger partial charge in [-0.05, 0) is 30.5 Å². The molecule has 0 atom stereocenters. The van der Waals surface area contributed by atoms with Crippen LogP contribution in [0.25, 0.3) is 11.3 Å². The molecule has 0 saturated heterocycles. The second kappa shape index (κ2) is 4.14. The molecule has 3 N–H and O–H groups in total. The summed E-state index contributed by atoms with van der Waals surface area (Å²) in [6.45, 7) is 0. The third-order valence-corrected chi connectivity index (χ3v) is 4.61. The number of aromatic nitrogens is 1. The maximum atomic E-state index is 6.06. The Hall–Kier alpha value is -0.810. The largest absolute Gasteiger partial charge is 0.300 e. The number of hydrogen-bond donors (Lipinski definition) is 2. The van der Waals surface area contributed by atoms with Crippen LogP contribution in [0.1, 0.15) is 10.4 Å².